The summed E-state index contributed by atoms with van der Waals surface area (Å²) < 4.78 is 67.3. The Hall–Kier alpha value is -6.64. The van der Waals surface area contributed by atoms with Crippen LogP contribution < -0.4 is 11.5 Å². The number of Topliss-reactive ketones (excluding diaryl/α,β-unsaturated/α-hetero) is 2. The second-order valence-electron chi connectivity index (χ2n) is 35.3. The first-order valence-electron chi connectivity index (χ1n) is 37.2. The van der Waals surface area contributed by atoms with Gasteiger partial charge < -0.3 is 70.7 Å². The summed E-state index contributed by atoms with van der Waals surface area (Å²) in [7, 11) is -9.25. The summed E-state index contributed by atoms with van der Waals surface area (Å²) in [4.78, 5) is 110. The van der Waals surface area contributed by atoms with E-state index in [1.165, 1.54) is 54.6 Å². The van der Waals surface area contributed by atoms with Gasteiger partial charge in [-0.25, -0.2) is 4.79 Å². The Morgan fingerprint density at radius 2 is 0.727 bits per heavy atom. The number of nitrogens with zero attached hydrogens (tertiary/aromatic N) is 3. The van der Waals surface area contributed by atoms with Crippen molar-refractivity contribution in [2.24, 2.45) is 5.73 Å². The van der Waals surface area contributed by atoms with E-state index in [1.54, 1.807) is 13.8 Å². The molecule has 4 rings (SSSR count). The van der Waals surface area contributed by atoms with Crippen LogP contribution in [-0.4, -0.2) is 145 Å². The number of amides is 2. The van der Waals surface area contributed by atoms with Crippen molar-refractivity contribution in [3.8, 4) is 0 Å². The third-order valence-electron chi connectivity index (χ3n) is 13.7. The molecule has 1 aliphatic heterocycles. The number of aliphatic hydroxyl groups is 1. The van der Waals surface area contributed by atoms with E-state index in [9.17, 15) is 58.9 Å². The van der Waals surface area contributed by atoms with Gasteiger partial charge in [-0.15, -0.1) is 5.06 Å². The van der Waals surface area contributed by atoms with Crippen molar-refractivity contribution in [3.63, 3.8) is 0 Å². The fourth-order valence-corrected chi connectivity index (χ4v) is 21.8. The van der Waals surface area contributed by atoms with E-state index < -0.39 is 106 Å². The smallest absolute Gasteiger partial charge is 0.461 e. The molecule has 624 valence electrons. The Bertz CT molecular complexity index is 3420. The van der Waals surface area contributed by atoms with Crippen LogP contribution in [0.3, 0.4) is 0 Å². The van der Waals surface area contributed by atoms with Crippen LogP contribution in [0.1, 0.15) is 300 Å². The van der Waals surface area contributed by atoms with Gasteiger partial charge in [-0.1, -0.05) is 13.8 Å². The van der Waals surface area contributed by atoms with E-state index in [2.05, 4.69) is 0 Å². The summed E-state index contributed by atoms with van der Waals surface area (Å²) in [6.45, 7) is 56.1. The van der Waals surface area contributed by atoms with E-state index in [0.717, 1.165) is 0 Å². The molecule has 0 aliphatic carbocycles. The average molecular weight is 1610 g/mol. The first-order chi connectivity index (χ1) is 49.7. The molecule has 1 aliphatic rings. The molecule has 0 aromatic heterocycles. The molecule has 0 atom stereocenters. The van der Waals surface area contributed by atoms with Gasteiger partial charge in [-0.2, -0.15) is 0 Å². The molecule has 32 heteroatoms. The highest BCUT2D eigenvalue weighted by Gasteiger charge is 2.53. The summed E-state index contributed by atoms with van der Waals surface area (Å²) in [5.41, 5.74) is 8.93. The maximum absolute atomic E-state index is 13.0. The molecule has 1 saturated heterocycles. The Balaban J connectivity index is 0.000000754. The third kappa shape index (κ3) is 41.2. The molecule has 1 heterocycles. The van der Waals surface area contributed by atoms with Gasteiger partial charge in [-0.3, -0.25) is 49.0 Å². The second-order valence-corrected chi connectivity index (χ2v) is 42.8. The number of nitro benzene ring substituents is 2. The Labute approximate surface area is 656 Å². The summed E-state index contributed by atoms with van der Waals surface area (Å²) in [6.07, 6.45) is 1.71. The number of carbonyl (C=O) groups excluding carboxylic acids is 7. The normalized spacial score (nSPS) is 13.6. The van der Waals surface area contributed by atoms with Gasteiger partial charge in [-0.05, 0) is 249 Å². The lowest BCUT2D eigenvalue weighted by atomic mass is 10.0. The molecule has 0 unspecified atom stereocenters. The lowest BCUT2D eigenvalue weighted by Gasteiger charge is -2.43. The number of anilines is 1. The highest BCUT2D eigenvalue weighted by atomic mass is 28.4. The molecule has 29 nitrogen and oxygen atoms in total. The number of hydrogen-bond donors (Lipinski definition) is 3. The zero-order valence-corrected chi connectivity index (χ0v) is 74.1. The van der Waals surface area contributed by atoms with Crippen LogP contribution in [-0.2, 0) is 93.1 Å². The standard InChI is InChI=1S/C26H43NO8Si.C23H39NO7Si.C15H16N2O6.C14H33NO3Si/c1-11-23(29)32-18-20-17-19(14-15-21(20)27(30)31)22(28)13-12-16-36(33-24(2,3)4,34-25(5,6)7)35-26(8,9)10;1-21(2,3)29-32(30-22(4,5)6,31-23(7,8)9)14-10-11-20(26)17-12-13-19(24(27)28)18(15-17)16-25;1-2-14(20)22-8-10-7-9(3-4-11(10)16)15(21)23-17-12(18)5-6-13(17)19;1-12(2,3)16-19(11-10-15,17-13(4,5)6)18-14(7,8)9/h14-15,17H,11-13,16,18H2,1-10H3;12-13,15,25H,10-11,14,16H2,1-9H3;3-4,7H,2,5-6,8,16H2,1H3;10-11,15H2,1-9H3. The number of hydrogen-bond acceptors (Lipinski definition) is 26. The number of nitrogen functional groups attached to an aromatic ring is 1. The van der Waals surface area contributed by atoms with Crippen molar-refractivity contribution >= 4 is 84.8 Å². The molecular weight excluding hydrogens is 1480 g/mol. The summed E-state index contributed by atoms with van der Waals surface area (Å²) >= 11 is 0. The van der Waals surface area contributed by atoms with E-state index in [0.29, 0.717) is 65.0 Å². The minimum Gasteiger partial charge on any atom is -0.461 e. The van der Waals surface area contributed by atoms with Crippen molar-refractivity contribution in [1.82, 2.24) is 5.06 Å². The molecular formula is C78H131N5O24Si3. The largest absolute Gasteiger partial charge is 0.503 e. The van der Waals surface area contributed by atoms with Crippen molar-refractivity contribution in [2.45, 2.75) is 341 Å². The van der Waals surface area contributed by atoms with E-state index in [4.69, 9.17) is 65.6 Å². The Kier molecular flexibility index (Phi) is 38.6. The van der Waals surface area contributed by atoms with Crippen LogP contribution in [0.15, 0.2) is 54.6 Å². The Morgan fingerprint density at radius 1 is 0.445 bits per heavy atom. The van der Waals surface area contributed by atoms with Gasteiger partial charge in [0.2, 0.25) is 0 Å². The maximum atomic E-state index is 13.0. The SMILES string of the molecule is CC(C)(C)O[Si](CCCC(=O)c1ccc([N+](=O)[O-])c(CO)c1)(OC(C)(C)C)OC(C)(C)C.CC(C)(C)O[Si](CCN)(OC(C)(C)C)OC(C)(C)C.CCC(=O)OCc1cc(C(=O)CCC[Si](OC(C)(C)C)(OC(C)(C)C)OC(C)(C)C)ccc1[N+](=O)[O-].CCC(=O)OCc1cc(C(=O)ON2C(=O)CCC2=O)ccc1N. The number of carbonyl (C=O) groups is 7. The molecule has 3 aromatic rings. The van der Waals surface area contributed by atoms with E-state index in [1.807, 2.05) is 187 Å². The molecule has 3 aromatic carbocycles. The zero-order valence-electron chi connectivity index (χ0n) is 71.1. The van der Waals surface area contributed by atoms with Crippen molar-refractivity contribution in [2.75, 3.05) is 12.3 Å². The number of aliphatic hydroxyl groups excluding tert-OH is 1. The van der Waals surface area contributed by atoms with Crippen LogP contribution in [0.5, 0.6) is 0 Å². The van der Waals surface area contributed by atoms with Crippen molar-refractivity contribution < 1.29 is 103 Å². The van der Waals surface area contributed by atoms with E-state index in [-0.39, 0.29) is 108 Å². The van der Waals surface area contributed by atoms with Crippen LogP contribution in [0.4, 0.5) is 17.1 Å². The van der Waals surface area contributed by atoms with Gasteiger partial charge in [0.15, 0.2) is 11.6 Å². The average Bonchev–Trinajstić information content (AvgIpc) is 0.885. The van der Waals surface area contributed by atoms with Crippen LogP contribution in [0, 0.1) is 20.2 Å². The zero-order chi connectivity index (χ0) is 85.4. The molecule has 0 spiro atoms. The lowest BCUT2D eigenvalue weighted by Crippen LogP contribution is -2.57. The van der Waals surface area contributed by atoms with Crippen molar-refractivity contribution in [3.05, 3.63) is 108 Å². The summed E-state index contributed by atoms with van der Waals surface area (Å²) in [6, 6.07) is 13.9. The molecule has 0 radical (unpaired) electrons. The lowest BCUT2D eigenvalue weighted by molar-refractivity contribution is -0.386. The predicted octanol–water partition coefficient (Wildman–Crippen LogP) is 16.1. The fraction of sp³-hybridized carbons (Fsp3) is 0.679. The highest BCUT2D eigenvalue weighted by molar-refractivity contribution is 6.62. The fourth-order valence-electron chi connectivity index (χ4n) is 10.5. The number of esters is 2. The van der Waals surface area contributed by atoms with Gasteiger partial charge in [0.25, 0.3) is 23.2 Å². The molecule has 0 bridgehead atoms. The van der Waals surface area contributed by atoms with Crippen LogP contribution in [0.2, 0.25) is 18.1 Å². The van der Waals surface area contributed by atoms with Gasteiger partial charge in [0, 0.05) is 91.2 Å². The number of benzene rings is 3. The number of ether oxygens (including phenoxy) is 2. The molecule has 5 N–H and O–H groups in total. The minimum absolute atomic E-state index is 0.0199. The molecule has 110 heavy (non-hydrogen) atoms. The topological polar surface area (TPSA) is 392 Å². The number of nitro groups is 2. The third-order valence-corrected chi connectivity index (χ3v) is 24.8. The summed E-state index contributed by atoms with van der Waals surface area (Å²) in [5, 5.41) is 32.3. The van der Waals surface area contributed by atoms with Gasteiger partial charge in [0.1, 0.15) is 13.2 Å². The Morgan fingerprint density at radius 3 is 1.02 bits per heavy atom. The summed E-state index contributed by atoms with van der Waals surface area (Å²) in [5.74, 6) is -3.20. The monoisotopic (exact) mass is 1610 g/mol. The highest BCUT2D eigenvalue weighted by Crippen LogP contribution is 2.37. The number of nitrogens with two attached hydrogens (primary N) is 2. The van der Waals surface area contributed by atoms with Gasteiger partial charge >= 0.3 is 44.3 Å². The first kappa shape index (κ1) is 101. The number of rotatable bonds is 32. The molecule has 1 fully saturated rings. The van der Waals surface area contributed by atoms with Gasteiger partial charge in [0.05, 0.1) is 83.6 Å². The van der Waals surface area contributed by atoms with Crippen molar-refractivity contribution in [1.29, 1.82) is 0 Å². The second kappa shape index (κ2) is 41.9. The maximum Gasteiger partial charge on any atom is 0.503 e. The number of hydroxylamine groups is 2. The molecule has 0 saturated carbocycles. The number of ketones is 2. The molecule has 2 amide bonds. The van der Waals surface area contributed by atoms with Crippen LogP contribution >= 0.6 is 0 Å². The quantitative estimate of drug-likeness (QED) is 0.00994. The number of imide groups is 1. The predicted molar refractivity (Wildman–Crippen MR) is 425 cm³/mol. The first-order valence-corrected chi connectivity index (χ1v) is 43.0. The van der Waals surface area contributed by atoms with Crippen LogP contribution in [0.25, 0.3) is 0 Å². The van der Waals surface area contributed by atoms with E-state index >= 15 is 0 Å². The minimum atomic E-state index is -3.23.